The fraction of sp³-hybridized carbons (Fsp3) is 0.240. The van der Waals surface area contributed by atoms with E-state index in [1.165, 1.54) is 11.1 Å². The van der Waals surface area contributed by atoms with Crippen LogP contribution in [0.25, 0.3) is 0 Å². The molecule has 0 saturated heterocycles. The predicted octanol–water partition coefficient (Wildman–Crippen LogP) is 4.29. The second-order valence-corrected chi connectivity index (χ2v) is 7.36. The van der Waals surface area contributed by atoms with Crippen LogP contribution in [0.1, 0.15) is 16.7 Å². The Balaban J connectivity index is 1.52. The van der Waals surface area contributed by atoms with E-state index < -0.39 is 0 Å². The lowest BCUT2D eigenvalue weighted by molar-refractivity contribution is -0.120. The van der Waals surface area contributed by atoms with Crippen LogP contribution >= 0.6 is 0 Å². The molecule has 4 rings (SSSR count). The van der Waals surface area contributed by atoms with Gasteiger partial charge in [-0.1, -0.05) is 60.7 Å². The molecular formula is C25H26N2O2. The largest absolute Gasteiger partial charge is 0.496 e. The molecular weight excluding hydrogens is 360 g/mol. The summed E-state index contributed by atoms with van der Waals surface area (Å²) in [5.41, 5.74) is 4.56. The van der Waals surface area contributed by atoms with Crippen LogP contribution in [-0.4, -0.2) is 31.0 Å². The van der Waals surface area contributed by atoms with Crippen molar-refractivity contribution in [1.29, 1.82) is 0 Å². The van der Waals surface area contributed by atoms with Crippen LogP contribution in [0.2, 0.25) is 0 Å². The molecule has 0 atom stereocenters. The molecule has 4 heteroatoms. The summed E-state index contributed by atoms with van der Waals surface area (Å²) in [6, 6.07) is 26.2. The van der Waals surface area contributed by atoms with Crippen molar-refractivity contribution in [1.82, 2.24) is 4.90 Å². The molecule has 0 bridgehead atoms. The minimum atomic E-state index is 0.110. The van der Waals surface area contributed by atoms with Crippen molar-refractivity contribution in [2.75, 3.05) is 25.1 Å². The van der Waals surface area contributed by atoms with Crippen molar-refractivity contribution in [3.63, 3.8) is 0 Å². The Morgan fingerprint density at radius 1 is 0.966 bits per heavy atom. The lowest BCUT2D eigenvalue weighted by atomic mass is 9.99. The Bertz CT molecular complexity index is 943. The molecule has 4 nitrogen and oxygen atoms in total. The van der Waals surface area contributed by atoms with Crippen molar-refractivity contribution in [3.8, 4) is 5.75 Å². The molecule has 0 saturated carbocycles. The van der Waals surface area contributed by atoms with Crippen LogP contribution in [0.15, 0.2) is 78.9 Å². The molecule has 0 unspecified atom stereocenters. The zero-order chi connectivity index (χ0) is 20.1. The van der Waals surface area contributed by atoms with Crippen LogP contribution in [-0.2, 0) is 24.3 Å². The van der Waals surface area contributed by atoms with E-state index in [-0.39, 0.29) is 5.91 Å². The smallest absolute Gasteiger partial charge is 0.241 e. The van der Waals surface area contributed by atoms with Crippen LogP contribution in [0.5, 0.6) is 5.75 Å². The quantitative estimate of drug-likeness (QED) is 0.634. The van der Waals surface area contributed by atoms with Gasteiger partial charge in [0.1, 0.15) is 5.75 Å². The van der Waals surface area contributed by atoms with E-state index in [2.05, 4.69) is 23.1 Å². The number of ether oxygens (including phenoxy) is 1. The van der Waals surface area contributed by atoms with Crippen molar-refractivity contribution >= 4 is 11.6 Å². The third kappa shape index (κ3) is 4.49. The monoisotopic (exact) mass is 386 g/mol. The maximum Gasteiger partial charge on any atom is 0.241 e. The van der Waals surface area contributed by atoms with Crippen molar-refractivity contribution in [3.05, 3.63) is 95.6 Å². The van der Waals surface area contributed by atoms with Gasteiger partial charge in [-0.3, -0.25) is 9.69 Å². The second kappa shape index (κ2) is 8.93. The first-order valence-electron chi connectivity index (χ1n) is 10.0. The van der Waals surface area contributed by atoms with Crippen LogP contribution in [0.3, 0.4) is 0 Å². The number of hydrogen-bond donors (Lipinski definition) is 0. The number of hydrogen-bond acceptors (Lipinski definition) is 3. The minimum absolute atomic E-state index is 0.110. The lowest BCUT2D eigenvalue weighted by Gasteiger charge is -2.31. The summed E-state index contributed by atoms with van der Waals surface area (Å²) in [5, 5.41) is 0. The van der Waals surface area contributed by atoms with Gasteiger partial charge in [0, 0.05) is 24.3 Å². The minimum Gasteiger partial charge on any atom is -0.496 e. The summed E-state index contributed by atoms with van der Waals surface area (Å²) in [7, 11) is 1.71. The highest BCUT2D eigenvalue weighted by molar-refractivity contribution is 5.94. The van der Waals surface area contributed by atoms with Crippen LogP contribution < -0.4 is 9.64 Å². The molecule has 1 heterocycles. The Hall–Kier alpha value is -3.11. The molecule has 0 fully saturated rings. The van der Waals surface area contributed by atoms with Gasteiger partial charge in [0.25, 0.3) is 0 Å². The Morgan fingerprint density at radius 2 is 1.69 bits per heavy atom. The van der Waals surface area contributed by atoms with Gasteiger partial charge in [-0.15, -0.1) is 0 Å². The molecule has 3 aromatic carbocycles. The first-order valence-corrected chi connectivity index (χ1v) is 10.0. The fourth-order valence-corrected chi connectivity index (χ4v) is 3.91. The molecule has 0 aliphatic carbocycles. The van der Waals surface area contributed by atoms with E-state index in [9.17, 15) is 4.79 Å². The normalized spacial score (nSPS) is 13.6. The fourth-order valence-electron chi connectivity index (χ4n) is 3.91. The van der Waals surface area contributed by atoms with Gasteiger partial charge in [-0.2, -0.15) is 0 Å². The highest BCUT2D eigenvalue weighted by atomic mass is 16.5. The average molecular weight is 386 g/mol. The third-order valence-corrected chi connectivity index (χ3v) is 5.44. The highest BCUT2D eigenvalue weighted by Gasteiger charge is 2.24. The van der Waals surface area contributed by atoms with Crippen LogP contribution in [0.4, 0.5) is 5.69 Å². The summed E-state index contributed by atoms with van der Waals surface area (Å²) >= 11 is 0. The number of para-hydroxylation sites is 1. The van der Waals surface area contributed by atoms with E-state index in [4.69, 9.17) is 4.74 Å². The van der Waals surface area contributed by atoms with E-state index in [1.807, 2.05) is 65.6 Å². The summed E-state index contributed by atoms with van der Waals surface area (Å²) < 4.78 is 5.54. The van der Waals surface area contributed by atoms with E-state index in [0.717, 1.165) is 36.5 Å². The molecule has 148 valence electrons. The number of fused-ring (bicyclic) bond motifs is 1. The number of carbonyl (C=O) groups excluding carboxylic acids is 1. The number of rotatable bonds is 6. The molecule has 1 aliphatic heterocycles. The van der Waals surface area contributed by atoms with Gasteiger partial charge in [-0.05, 0) is 35.7 Å². The number of anilines is 1. The van der Waals surface area contributed by atoms with Gasteiger partial charge >= 0.3 is 0 Å². The van der Waals surface area contributed by atoms with Gasteiger partial charge in [-0.25, -0.2) is 0 Å². The lowest BCUT2D eigenvalue weighted by Crippen LogP contribution is -2.42. The summed E-state index contributed by atoms with van der Waals surface area (Å²) in [6.45, 7) is 2.57. The summed E-state index contributed by atoms with van der Waals surface area (Å²) in [4.78, 5) is 17.4. The zero-order valence-corrected chi connectivity index (χ0v) is 16.8. The zero-order valence-electron chi connectivity index (χ0n) is 16.8. The molecule has 29 heavy (non-hydrogen) atoms. The van der Waals surface area contributed by atoms with Crippen molar-refractivity contribution in [2.24, 2.45) is 0 Å². The Labute approximate surface area is 172 Å². The molecule has 3 aromatic rings. The summed E-state index contributed by atoms with van der Waals surface area (Å²) in [6.07, 6.45) is 0.934. The molecule has 0 N–H and O–H groups in total. The number of methoxy groups -OCH3 is 1. The first kappa shape index (κ1) is 19.2. The van der Waals surface area contributed by atoms with Crippen LogP contribution in [0, 0.1) is 0 Å². The first-order chi connectivity index (χ1) is 14.2. The summed E-state index contributed by atoms with van der Waals surface area (Å²) in [5.74, 6) is 1.02. The number of nitrogens with zero attached hydrogens (tertiary/aromatic N) is 2. The van der Waals surface area contributed by atoms with Gasteiger partial charge in [0.05, 0.1) is 20.2 Å². The third-order valence-electron chi connectivity index (χ3n) is 5.44. The second-order valence-electron chi connectivity index (χ2n) is 7.36. The number of carbonyl (C=O) groups is 1. The van der Waals surface area contributed by atoms with E-state index in [1.54, 1.807) is 7.11 Å². The number of amides is 1. The average Bonchev–Trinajstić information content (AvgIpc) is 2.78. The van der Waals surface area contributed by atoms with Crippen molar-refractivity contribution in [2.45, 2.75) is 19.5 Å². The van der Waals surface area contributed by atoms with Gasteiger partial charge in [0.2, 0.25) is 5.91 Å². The molecule has 0 spiro atoms. The maximum absolute atomic E-state index is 13.3. The molecule has 0 radical (unpaired) electrons. The topological polar surface area (TPSA) is 32.8 Å². The Kier molecular flexibility index (Phi) is 5.92. The van der Waals surface area contributed by atoms with Gasteiger partial charge in [0.15, 0.2) is 0 Å². The molecule has 1 aliphatic rings. The number of benzene rings is 3. The van der Waals surface area contributed by atoms with Gasteiger partial charge < -0.3 is 9.64 Å². The standard InChI is InChI=1S/C25H26N2O2/c1-29-24-14-8-11-21-15-16-26(18-23(21)24)19-25(28)27(22-12-6-3-7-13-22)17-20-9-4-2-5-10-20/h2-14H,15-19H2,1H3. The highest BCUT2D eigenvalue weighted by Crippen LogP contribution is 2.28. The molecule has 1 amide bonds. The van der Waals surface area contributed by atoms with E-state index >= 15 is 0 Å². The predicted molar refractivity (Wildman–Crippen MR) is 116 cm³/mol. The molecule has 0 aromatic heterocycles. The maximum atomic E-state index is 13.3. The SMILES string of the molecule is COc1cccc2c1CN(CC(=O)N(Cc1ccccc1)c1ccccc1)CC2. The van der Waals surface area contributed by atoms with Crippen molar-refractivity contribution < 1.29 is 9.53 Å². The van der Waals surface area contributed by atoms with E-state index in [0.29, 0.717) is 13.1 Å². The Morgan fingerprint density at radius 3 is 2.41 bits per heavy atom.